The van der Waals surface area contributed by atoms with Gasteiger partial charge in [0.1, 0.15) is 5.60 Å². The second-order valence-electron chi connectivity index (χ2n) is 6.48. The highest BCUT2D eigenvalue weighted by molar-refractivity contribution is 5.43. The zero-order chi connectivity index (χ0) is 14.3. The molecule has 2 aliphatic carbocycles. The van der Waals surface area contributed by atoms with Gasteiger partial charge in [-0.3, -0.25) is 0 Å². The van der Waals surface area contributed by atoms with Gasteiger partial charge < -0.3 is 21.1 Å². The zero-order valence-electron chi connectivity index (χ0n) is 11.6. The normalized spacial score (nSPS) is 37.4. The van der Waals surface area contributed by atoms with Crippen molar-refractivity contribution in [3.63, 3.8) is 0 Å². The maximum Gasteiger partial charge on any atom is 0.157 e. The van der Waals surface area contributed by atoms with Crippen molar-refractivity contribution >= 4 is 0 Å². The zero-order valence-corrected chi connectivity index (χ0v) is 11.6. The lowest BCUT2D eigenvalue weighted by atomic mass is 9.62. The first-order valence-electron chi connectivity index (χ1n) is 7.51. The van der Waals surface area contributed by atoms with Gasteiger partial charge in [-0.1, -0.05) is 31.7 Å². The summed E-state index contributed by atoms with van der Waals surface area (Å²) in [7, 11) is 0. The number of phenols is 2. The summed E-state index contributed by atoms with van der Waals surface area (Å²) < 4.78 is 0. The lowest BCUT2D eigenvalue weighted by molar-refractivity contribution is -0.0667. The molecule has 2 fully saturated rings. The highest BCUT2D eigenvalue weighted by Gasteiger charge is 2.46. The molecule has 0 heterocycles. The number of hydrogen-bond acceptors (Lipinski definition) is 4. The molecular formula is C16H23NO3. The Labute approximate surface area is 119 Å². The lowest BCUT2D eigenvalue weighted by Gasteiger charge is -2.48. The third-order valence-electron chi connectivity index (χ3n) is 5.29. The predicted octanol–water partition coefficient (Wildman–Crippen LogP) is 2.21. The number of aromatic hydroxyl groups is 2. The van der Waals surface area contributed by atoms with Crippen molar-refractivity contribution < 1.29 is 15.3 Å². The second-order valence-corrected chi connectivity index (χ2v) is 6.48. The van der Waals surface area contributed by atoms with E-state index in [2.05, 4.69) is 0 Å². The van der Waals surface area contributed by atoms with Crippen LogP contribution in [0.1, 0.15) is 44.1 Å². The molecule has 5 N–H and O–H groups in total. The Hall–Kier alpha value is -1.26. The van der Waals surface area contributed by atoms with Crippen LogP contribution in [0.5, 0.6) is 11.5 Å². The van der Waals surface area contributed by atoms with Gasteiger partial charge >= 0.3 is 0 Å². The van der Waals surface area contributed by atoms with Gasteiger partial charge in [-0.05, 0) is 42.4 Å². The molecule has 0 bridgehead atoms. The number of nitrogens with two attached hydrogens (primary N) is 1. The van der Waals surface area contributed by atoms with Crippen LogP contribution in [0.4, 0.5) is 0 Å². The number of fused-ring (bicyclic) bond motifs is 1. The van der Waals surface area contributed by atoms with E-state index in [-0.39, 0.29) is 17.5 Å². The summed E-state index contributed by atoms with van der Waals surface area (Å²) in [6.45, 7) is 0. The Bertz CT molecular complexity index is 504. The average molecular weight is 277 g/mol. The lowest BCUT2D eigenvalue weighted by Crippen LogP contribution is -2.53. The van der Waals surface area contributed by atoms with Crippen LogP contribution in [0.3, 0.4) is 0 Å². The molecule has 0 aromatic heterocycles. The van der Waals surface area contributed by atoms with Crippen molar-refractivity contribution in [3.8, 4) is 11.5 Å². The molecule has 4 nitrogen and oxygen atoms in total. The molecule has 4 heteroatoms. The monoisotopic (exact) mass is 277 g/mol. The average Bonchev–Trinajstić information content (AvgIpc) is 2.43. The Morgan fingerprint density at radius 1 is 1.05 bits per heavy atom. The Morgan fingerprint density at radius 2 is 1.75 bits per heavy atom. The summed E-state index contributed by atoms with van der Waals surface area (Å²) >= 11 is 0. The van der Waals surface area contributed by atoms with Gasteiger partial charge in [-0.15, -0.1) is 0 Å². The standard InChI is InChI=1S/C16H23NO3/c17-15-7-10-3-1-2-4-11(10)9-16(15,20)12-5-6-13(18)14(19)8-12/h5-6,8,10-11,15,18-20H,1-4,7,9,17H2/t10-,11-,15?,16?/m0/s1. The van der Waals surface area contributed by atoms with Crippen LogP contribution in [0.25, 0.3) is 0 Å². The maximum atomic E-state index is 11.0. The van der Waals surface area contributed by atoms with E-state index in [1.54, 1.807) is 6.07 Å². The highest BCUT2D eigenvalue weighted by atomic mass is 16.3. The molecule has 0 saturated heterocycles. The number of aliphatic hydroxyl groups is 1. The molecule has 0 aliphatic heterocycles. The molecule has 0 spiro atoms. The van der Waals surface area contributed by atoms with E-state index in [1.807, 2.05) is 0 Å². The molecule has 1 aromatic carbocycles. The van der Waals surface area contributed by atoms with E-state index in [9.17, 15) is 15.3 Å². The Balaban J connectivity index is 1.91. The first-order valence-corrected chi connectivity index (χ1v) is 7.51. The first-order chi connectivity index (χ1) is 9.50. The summed E-state index contributed by atoms with van der Waals surface area (Å²) in [5.41, 5.74) is 5.77. The largest absolute Gasteiger partial charge is 0.504 e. The van der Waals surface area contributed by atoms with Crippen molar-refractivity contribution in [3.05, 3.63) is 23.8 Å². The van der Waals surface area contributed by atoms with E-state index in [0.717, 1.165) is 12.8 Å². The minimum Gasteiger partial charge on any atom is -0.504 e. The second kappa shape index (κ2) is 4.93. The molecular weight excluding hydrogens is 254 g/mol. The van der Waals surface area contributed by atoms with Gasteiger partial charge in [-0.2, -0.15) is 0 Å². The van der Waals surface area contributed by atoms with Crippen molar-refractivity contribution in [2.24, 2.45) is 17.6 Å². The minimum atomic E-state index is -1.09. The smallest absolute Gasteiger partial charge is 0.157 e. The SMILES string of the molecule is NC1C[C@@H]2CCCC[C@H]2CC1(O)c1ccc(O)c(O)c1. The van der Waals surface area contributed by atoms with Crippen LogP contribution < -0.4 is 5.73 Å². The maximum absolute atomic E-state index is 11.0. The van der Waals surface area contributed by atoms with Gasteiger partial charge in [0.15, 0.2) is 11.5 Å². The number of hydrogen-bond donors (Lipinski definition) is 4. The van der Waals surface area contributed by atoms with Crippen molar-refractivity contribution in [2.45, 2.75) is 50.2 Å². The van der Waals surface area contributed by atoms with Crippen LogP contribution in [0.15, 0.2) is 18.2 Å². The van der Waals surface area contributed by atoms with Crippen LogP contribution in [-0.2, 0) is 5.60 Å². The Kier molecular flexibility index (Phi) is 3.38. The van der Waals surface area contributed by atoms with E-state index >= 15 is 0 Å². The van der Waals surface area contributed by atoms with Crippen molar-refractivity contribution in [1.82, 2.24) is 0 Å². The fourth-order valence-corrected chi connectivity index (χ4v) is 4.06. The van der Waals surface area contributed by atoms with E-state index < -0.39 is 5.60 Å². The number of benzene rings is 1. The third-order valence-corrected chi connectivity index (χ3v) is 5.29. The first kappa shape index (κ1) is 13.7. The summed E-state index contributed by atoms with van der Waals surface area (Å²) in [6, 6.07) is 4.21. The van der Waals surface area contributed by atoms with Crippen molar-refractivity contribution in [2.75, 3.05) is 0 Å². The predicted molar refractivity (Wildman–Crippen MR) is 76.3 cm³/mol. The molecule has 0 amide bonds. The van der Waals surface area contributed by atoms with Gasteiger partial charge in [0, 0.05) is 6.04 Å². The van der Waals surface area contributed by atoms with Crippen LogP contribution in [0, 0.1) is 11.8 Å². The topological polar surface area (TPSA) is 86.7 Å². The quantitative estimate of drug-likeness (QED) is 0.593. The highest BCUT2D eigenvalue weighted by Crippen LogP contribution is 2.48. The summed E-state index contributed by atoms with van der Waals surface area (Å²) in [5.74, 6) is 0.778. The van der Waals surface area contributed by atoms with E-state index in [4.69, 9.17) is 5.73 Å². The molecule has 2 saturated carbocycles. The van der Waals surface area contributed by atoms with E-state index in [0.29, 0.717) is 23.8 Å². The minimum absolute atomic E-state index is 0.169. The molecule has 2 aliphatic rings. The molecule has 2 unspecified atom stereocenters. The third kappa shape index (κ3) is 2.17. The fourth-order valence-electron chi connectivity index (χ4n) is 4.06. The van der Waals surface area contributed by atoms with Crippen LogP contribution in [-0.4, -0.2) is 21.4 Å². The number of phenolic OH excluding ortho intramolecular Hbond substituents is 2. The van der Waals surface area contributed by atoms with E-state index in [1.165, 1.54) is 31.4 Å². The molecule has 110 valence electrons. The molecule has 0 radical (unpaired) electrons. The summed E-state index contributed by atoms with van der Waals surface area (Å²) in [4.78, 5) is 0. The van der Waals surface area contributed by atoms with Crippen molar-refractivity contribution in [1.29, 1.82) is 0 Å². The van der Waals surface area contributed by atoms with Crippen LogP contribution >= 0.6 is 0 Å². The van der Waals surface area contributed by atoms with Crippen LogP contribution in [0.2, 0.25) is 0 Å². The van der Waals surface area contributed by atoms with Gasteiger partial charge in [-0.25, -0.2) is 0 Å². The molecule has 1 aromatic rings. The molecule has 3 rings (SSSR count). The summed E-state index contributed by atoms with van der Waals surface area (Å²) in [6.07, 6.45) is 6.37. The molecule has 4 atom stereocenters. The fraction of sp³-hybridized carbons (Fsp3) is 0.625. The van der Waals surface area contributed by atoms with Gasteiger partial charge in [0.05, 0.1) is 0 Å². The Morgan fingerprint density at radius 3 is 2.45 bits per heavy atom. The number of rotatable bonds is 1. The van der Waals surface area contributed by atoms with Gasteiger partial charge in [0.2, 0.25) is 0 Å². The molecule has 20 heavy (non-hydrogen) atoms. The summed E-state index contributed by atoms with van der Waals surface area (Å²) in [5, 5.41) is 30.1. The van der Waals surface area contributed by atoms with Gasteiger partial charge in [0.25, 0.3) is 0 Å².